The summed E-state index contributed by atoms with van der Waals surface area (Å²) in [6, 6.07) is 15.9. The molecule has 1 aliphatic carbocycles. The van der Waals surface area contributed by atoms with Crippen molar-refractivity contribution >= 4 is 11.8 Å². The Labute approximate surface area is 135 Å². The number of benzene rings is 2. The van der Waals surface area contributed by atoms with Crippen LogP contribution in [0.5, 0.6) is 0 Å². The third kappa shape index (κ3) is 2.13. The lowest BCUT2D eigenvalue weighted by Crippen LogP contribution is -2.44. The fourth-order valence-corrected chi connectivity index (χ4v) is 3.72. The van der Waals surface area contributed by atoms with Gasteiger partial charge in [0.2, 0.25) is 11.8 Å². The lowest BCUT2D eigenvalue weighted by Gasteiger charge is -2.29. The first kappa shape index (κ1) is 14.0. The van der Waals surface area contributed by atoms with Crippen molar-refractivity contribution in [2.45, 2.75) is 24.9 Å². The second-order valence-corrected chi connectivity index (χ2v) is 6.18. The molecule has 0 spiro atoms. The van der Waals surface area contributed by atoms with Crippen molar-refractivity contribution in [3.8, 4) is 11.1 Å². The van der Waals surface area contributed by atoms with Crippen LogP contribution in [0, 0.1) is 0 Å². The molecule has 1 heterocycles. The Kier molecular flexibility index (Phi) is 3.18. The van der Waals surface area contributed by atoms with Crippen molar-refractivity contribution < 1.29 is 9.59 Å². The number of likely N-dealkylation sites (N-methyl/N-ethyl adjacent to an activating group) is 1. The Morgan fingerprint density at radius 3 is 2.13 bits per heavy atom. The van der Waals surface area contributed by atoms with Gasteiger partial charge in [0.15, 0.2) is 0 Å². The number of fused-ring (bicyclic) bond motifs is 3. The molecule has 1 aliphatic heterocycles. The van der Waals surface area contributed by atoms with Crippen molar-refractivity contribution in [1.29, 1.82) is 0 Å². The summed E-state index contributed by atoms with van der Waals surface area (Å²) in [4.78, 5) is 26.0. The van der Waals surface area contributed by atoms with Crippen molar-refractivity contribution in [2.24, 2.45) is 0 Å². The van der Waals surface area contributed by atoms with Crippen LogP contribution in [0.25, 0.3) is 11.1 Å². The highest BCUT2D eigenvalue weighted by Crippen LogP contribution is 2.45. The molecule has 2 aliphatic rings. The van der Waals surface area contributed by atoms with Crippen molar-refractivity contribution in [2.75, 3.05) is 7.05 Å². The normalized spacial score (nSPS) is 19.2. The lowest BCUT2D eigenvalue weighted by atomic mass is 10.0. The van der Waals surface area contributed by atoms with Gasteiger partial charge in [0.25, 0.3) is 0 Å². The maximum Gasteiger partial charge on any atom is 0.245 e. The number of nitrogens with one attached hydrogen (secondary N) is 1. The average Bonchev–Trinajstić information content (AvgIpc) is 3.15. The summed E-state index contributed by atoms with van der Waals surface area (Å²) >= 11 is 0. The van der Waals surface area contributed by atoms with E-state index in [1.807, 2.05) is 31.3 Å². The highest BCUT2D eigenvalue weighted by atomic mass is 16.2. The van der Waals surface area contributed by atoms with E-state index in [2.05, 4.69) is 29.6 Å². The van der Waals surface area contributed by atoms with Gasteiger partial charge in [0.1, 0.15) is 6.04 Å². The number of carbonyl (C=O) groups is 2. The third-order valence-electron chi connectivity index (χ3n) is 4.83. The molecule has 4 rings (SSSR count). The zero-order valence-corrected chi connectivity index (χ0v) is 13.0. The van der Waals surface area contributed by atoms with Crippen LogP contribution in [0.4, 0.5) is 0 Å². The first-order chi connectivity index (χ1) is 11.2. The van der Waals surface area contributed by atoms with Gasteiger partial charge in [-0.2, -0.15) is 0 Å². The minimum absolute atomic E-state index is 0.0210. The topological polar surface area (TPSA) is 49.4 Å². The van der Waals surface area contributed by atoms with E-state index in [1.54, 1.807) is 4.90 Å². The number of hydrogen-bond donors (Lipinski definition) is 1. The van der Waals surface area contributed by atoms with Crippen molar-refractivity contribution in [3.63, 3.8) is 0 Å². The standard InChI is InChI=1S/C19H18N2O2/c1-21(19(23)16-10-11-17(22)20-16)18-14-8-4-2-6-12(14)13-7-3-5-9-15(13)18/h2-9,16,18H,10-11H2,1H3,(H,20,22)/t16-/m1/s1. The Bertz CT molecular complexity index is 754. The highest BCUT2D eigenvalue weighted by Gasteiger charge is 2.37. The van der Waals surface area contributed by atoms with Gasteiger partial charge in [-0.3, -0.25) is 9.59 Å². The predicted octanol–water partition coefficient (Wildman–Crippen LogP) is 2.49. The molecule has 116 valence electrons. The van der Waals surface area contributed by atoms with Crippen molar-refractivity contribution in [1.82, 2.24) is 10.2 Å². The molecule has 2 aromatic carbocycles. The number of carbonyl (C=O) groups excluding carboxylic acids is 2. The molecule has 0 unspecified atom stereocenters. The van der Waals surface area contributed by atoms with Crippen LogP contribution in [0.15, 0.2) is 48.5 Å². The predicted molar refractivity (Wildman–Crippen MR) is 87.7 cm³/mol. The zero-order valence-electron chi connectivity index (χ0n) is 13.0. The van der Waals surface area contributed by atoms with Gasteiger partial charge in [-0.1, -0.05) is 48.5 Å². The van der Waals surface area contributed by atoms with E-state index in [-0.39, 0.29) is 17.9 Å². The monoisotopic (exact) mass is 306 g/mol. The summed E-state index contributed by atoms with van der Waals surface area (Å²) in [5.41, 5.74) is 4.66. The second kappa shape index (κ2) is 5.23. The Hall–Kier alpha value is -2.62. The first-order valence-electron chi connectivity index (χ1n) is 7.91. The highest BCUT2D eigenvalue weighted by molar-refractivity contribution is 5.92. The molecular formula is C19H18N2O2. The van der Waals surface area contributed by atoms with Crippen LogP contribution >= 0.6 is 0 Å². The molecule has 2 aromatic rings. The van der Waals surface area contributed by atoms with Crippen LogP contribution in [-0.2, 0) is 9.59 Å². The number of rotatable bonds is 2. The van der Waals surface area contributed by atoms with E-state index in [0.29, 0.717) is 12.8 Å². The summed E-state index contributed by atoms with van der Waals surface area (Å²) in [5.74, 6) is -0.0590. The number of hydrogen-bond acceptors (Lipinski definition) is 2. The van der Waals surface area contributed by atoms with Crippen molar-refractivity contribution in [3.05, 3.63) is 59.7 Å². The quantitative estimate of drug-likeness (QED) is 0.927. The Balaban J connectivity index is 1.73. The first-order valence-corrected chi connectivity index (χ1v) is 7.91. The van der Waals surface area contributed by atoms with E-state index >= 15 is 0 Å². The van der Waals surface area contributed by atoms with Gasteiger partial charge < -0.3 is 10.2 Å². The van der Waals surface area contributed by atoms with Gasteiger partial charge in [-0.05, 0) is 28.7 Å². The van der Waals surface area contributed by atoms with E-state index in [4.69, 9.17) is 0 Å². The molecule has 1 saturated heterocycles. The molecular weight excluding hydrogens is 288 g/mol. The zero-order chi connectivity index (χ0) is 16.0. The second-order valence-electron chi connectivity index (χ2n) is 6.18. The van der Waals surface area contributed by atoms with E-state index < -0.39 is 6.04 Å². The SMILES string of the molecule is CN(C(=O)[C@H]1CCC(=O)N1)C1c2ccccc2-c2ccccc21. The molecule has 0 radical (unpaired) electrons. The van der Waals surface area contributed by atoms with Crippen LogP contribution in [0.1, 0.15) is 30.0 Å². The van der Waals surface area contributed by atoms with Crippen LogP contribution < -0.4 is 5.32 Å². The van der Waals surface area contributed by atoms with Crippen LogP contribution in [0.2, 0.25) is 0 Å². The van der Waals surface area contributed by atoms with Gasteiger partial charge in [-0.25, -0.2) is 0 Å². The summed E-state index contributed by atoms with van der Waals surface area (Å²) in [6.45, 7) is 0. The van der Waals surface area contributed by atoms with E-state index in [0.717, 1.165) is 11.1 Å². The molecule has 23 heavy (non-hydrogen) atoms. The lowest BCUT2D eigenvalue weighted by molar-refractivity contribution is -0.134. The fourth-order valence-electron chi connectivity index (χ4n) is 3.72. The summed E-state index contributed by atoms with van der Waals surface area (Å²) in [6.07, 6.45) is 1.01. The van der Waals surface area contributed by atoms with Crippen LogP contribution in [-0.4, -0.2) is 29.8 Å². The maximum atomic E-state index is 12.8. The number of amides is 2. The van der Waals surface area contributed by atoms with E-state index in [9.17, 15) is 9.59 Å². The molecule has 4 nitrogen and oxygen atoms in total. The maximum absolute atomic E-state index is 12.8. The summed E-state index contributed by atoms with van der Waals surface area (Å²) in [7, 11) is 1.83. The average molecular weight is 306 g/mol. The van der Waals surface area contributed by atoms with Gasteiger partial charge in [-0.15, -0.1) is 0 Å². The van der Waals surface area contributed by atoms with Gasteiger partial charge >= 0.3 is 0 Å². The molecule has 4 heteroatoms. The Morgan fingerprint density at radius 1 is 1.04 bits per heavy atom. The molecule has 0 bridgehead atoms. The summed E-state index contributed by atoms with van der Waals surface area (Å²) < 4.78 is 0. The van der Waals surface area contributed by atoms with Crippen LogP contribution in [0.3, 0.4) is 0 Å². The molecule has 0 aromatic heterocycles. The van der Waals surface area contributed by atoms with E-state index in [1.165, 1.54) is 11.1 Å². The largest absolute Gasteiger partial charge is 0.344 e. The molecule has 0 saturated carbocycles. The molecule has 1 fully saturated rings. The molecule has 1 atom stereocenters. The minimum atomic E-state index is -0.396. The summed E-state index contributed by atoms with van der Waals surface area (Å²) in [5, 5.41) is 2.78. The third-order valence-corrected chi connectivity index (χ3v) is 4.83. The van der Waals surface area contributed by atoms with Gasteiger partial charge in [0, 0.05) is 13.5 Å². The van der Waals surface area contributed by atoms with Gasteiger partial charge in [0.05, 0.1) is 6.04 Å². The molecule has 1 N–H and O–H groups in total. The molecule has 2 amide bonds. The minimum Gasteiger partial charge on any atom is -0.344 e. The number of nitrogens with zero attached hydrogens (tertiary/aromatic N) is 1. The fraction of sp³-hybridized carbons (Fsp3) is 0.263. The smallest absolute Gasteiger partial charge is 0.245 e. The Morgan fingerprint density at radius 2 is 1.61 bits per heavy atom.